The van der Waals surface area contributed by atoms with Gasteiger partial charge >= 0.3 is 5.97 Å². The number of fused-ring (bicyclic) bond motifs is 1. The summed E-state index contributed by atoms with van der Waals surface area (Å²) in [5.74, 6) is 1.19. The predicted octanol–water partition coefficient (Wildman–Crippen LogP) is 4.94. The number of hydrogen-bond donors (Lipinski definition) is 2. The number of aliphatic hydroxyl groups is 2. The minimum atomic E-state index is -0.771. The Morgan fingerprint density at radius 3 is 2.88 bits per heavy atom. The fraction of sp³-hybridized carbons (Fsp3) is 0.667. The van der Waals surface area contributed by atoms with Gasteiger partial charge < -0.3 is 24.4 Å². The fourth-order valence-corrected chi connectivity index (χ4v) is 5.20. The van der Waals surface area contributed by atoms with Gasteiger partial charge in [-0.3, -0.25) is 4.79 Å². The first-order valence-electron chi connectivity index (χ1n) is 12.6. The van der Waals surface area contributed by atoms with Crippen LogP contribution in [0, 0.1) is 17.8 Å². The van der Waals surface area contributed by atoms with Crippen molar-refractivity contribution in [2.24, 2.45) is 17.8 Å². The molecule has 1 aromatic carbocycles. The molecule has 1 saturated heterocycles. The number of halogens is 1. The van der Waals surface area contributed by atoms with E-state index in [1.165, 1.54) is 0 Å². The van der Waals surface area contributed by atoms with E-state index in [0.717, 1.165) is 32.1 Å². The Kier molecular flexibility index (Phi) is 10.7. The molecular formula is C27H39ClO6. The standard InChI is InChI=1S/C27H39ClO6/c1-18(2)34-27(31)9-4-3-6-19-10-12-24-23(25(30)15-26(24)33-16-19)13-11-21(29)17-32-22-8-5-7-20(28)14-22/h5,7-8,11,13-14,18-19,21,23-26,29-30H,3-4,6,9-10,12,15-17H2,1-2H3/b13-11+/t19-,21+,23+,24+,25+,26-/m0/s1. The molecule has 0 unspecified atom stereocenters. The third kappa shape index (κ3) is 8.56. The van der Waals surface area contributed by atoms with Crippen molar-refractivity contribution in [2.45, 2.75) is 83.2 Å². The maximum absolute atomic E-state index is 11.7. The number of rotatable bonds is 11. The molecule has 2 fully saturated rings. The highest BCUT2D eigenvalue weighted by Gasteiger charge is 2.43. The van der Waals surface area contributed by atoms with Crippen molar-refractivity contribution in [1.29, 1.82) is 0 Å². The van der Waals surface area contributed by atoms with Gasteiger partial charge in [0.1, 0.15) is 18.5 Å². The van der Waals surface area contributed by atoms with E-state index in [1.807, 2.05) is 19.9 Å². The Balaban J connectivity index is 1.42. The Hall–Kier alpha value is -1.60. The van der Waals surface area contributed by atoms with Gasteiger partial charge in [0.2, 0.25) is 0 Å². The zero-order valence-corrected chi connectivity index (χ0v) is 21.0. The maximum Gasteiger partial charge on any atom is 0.306 e. The second-order valence-corrected chi connectivity index (χ2v) is 10.3. The van der Waals surface area contributed by atoms with E-state index in [4.69, 9.17) is 25.8 Å². The third-order valence-corrected chi connectivity index (χ3v) is 6.96. The quantitative estimate of drug-likeness (QED) is 0.257. The summed E-state index contributed by atoms with van der Waals surface area (Å²) in [6.07, 6.45) is 8.43. The van der Waals surface area contributed by atoms with E-state index in [2.05, 4.69) is 0 Å². The van der Waals surface area contributed by atoms with Gasteiger partial charge in [-0.05, 0) is 69.6 Å². The molecule has 6 nitrogen and oxygen atoms in total. The first-order chi connectivity index (χ1) is 16.3. The van der Waals surface area contributed by atoms with Crippen LogP contribution in [0.4, 0.5) is 0 Å². The van der Waals surface area contributed by atoms with Crippen molar-refractivity contribution in [3.8, 4) is 5.75 Å². The van der Waals surface area contributed by atoms with Gasteiger partial charge in [0.15, 0.2) is 0 Å². The second kappa shape index (κ2) is 13.5. The lowest BCUT2D eigenvalue weighted by Crippen LogP contribution is -2.22. The Morgan fingerprint density at radius 2 is 2.12 bits per heavy atom. The van der Waals surface area contributed by atoms with Crippen LogP contribution in [-0.2, 0) is 14.3 Å². The van der Waals surface area contributed by atoms with Crippen LogP contribution < -0.4 is 4.74 Å². The number of ether oxygens (including phenoxy) is 3. The van der Waals surface area contributed by atoms with Gasteiger partial charge in [-0.1, -0.05) is 36.2 Å². The smallest absolute Gasteiger partial charge is 0.306 e. The van der Waals surface area contributed by atoms with Crippen LogP contribution >= 0.6 is 11.6 Å². The molecule has 190 valence electrons. The van der Waals surface area contributed by atoms with Crippen molar-refractivity contribution in [2.75, 3.05) is 13.2 Å². The summed E-state index contributed by atoms with van der Waals surface area (Å²) < 4.78 is 17.0. The molecule has 1 aliphatic heterocycles. The molecule has 2 N–H and O–H groups in total. The van der Waals surface area contributed by atoms with Crippen LogP contribution in [0.1, 0.15) is 58.8 Å². The lowest BCUT2D eigenvalue weighted by atomic mass is 9.86. The molecule has 0 amide bonds. The van der Waals surface area contributed by atoms with Gasteiger partial charge in [-0.2, -0.15) is 0 Å². The van der Waals surface area contributed by atoms with E-state index < -0.39 is 12.2 Å². The second-order valence-electron chi connectivity index (χ2n) is 9.86. The van der Waals surface area contributed by atoms with E-state index in [0.29, 0.717) is 36.1 Å². The Bertz CT molecular complexity index is 797. The molecule has 1 heterocycles. The zero-order valence-electron chi connectivity index (χ0n) is 20.3. The number of esters is 1. The van der Waals surface area contributed by atoms with Gasteiger partial charge in [-0.15, -0.1) is 0 Å². The summed E-state index contributed by atoms with van der Waals surface area (Å²) in [7, 11) is 0. The fourth-order valence-electron chi connectivity index (χ4n) is 5.02. The van der Waals surface area contributed by atoms with Crippen molar-refractivity contribution in [3.63, 3.8) is 0 Å². The van der Waals surface area contributed by atoms with Crippen LogP contribution in [0.2, 0.25) is 5.02 Å². The van der Waals surface area contributed by atoms with Crippen LogP contribution in [0.5, 0.6) is 5.75 Å². The van der Waals surface area contributed by atoms with Gasteiger partial charge in [0.25, 0.3) is 0 Å². The van der Waals surface area contributed by atoms with Gasteiger partial charge in [0.05, 0.1) is 18.3 Å². The predicted molar refractivity (Wildman–Crippen MR) is 132 cm³/mol. The molecule has 0 bridgehead atoms. The highest BCUT2D eigenvalue weighted by Crippen LogP contribution is 2.42. The van der Waals surface area contributed by atoms with Crippen LogP contribution in [-0.4, -0.2) is 53.8 Å². The molecule has 2 aliphatic rings. The first kappa shape index (κ1) is 27.0. The SMILES string of the molecule is CC(C)OC(=O)CCCC[C@H]1CC[C@@H]2[C@@H](/C=C/[C@@H](O)COc3cccc(Cl)c3)[C@H](O)C[C@@H]2OC1. The van der Waals surface area contributed by atoms with Crippen LogP contribution in [0.15, 0.2) is 36.4 Å². The minimum absolute atomic E-state index is 0.0321. The van der Waals surface area contributed by atoms with Gasteiger partial charge in [0, 0.05) is 30.4 Å². The van der Waals surface area contributed by atoms with E-state index in [-0.39, 0.29) is 36.6 Å². The number of aliphatic hydroxyl groups excluding tert-OH is 2. The highest BCUT2D eigenvalue weighted by molar-refractivity contribution is 6.30. The number of benzene rings is 1. The maximum atomic E-state index is 11.7. The average Bonchev–Trinajstić information content (AvgIpc) is 2.94. The topological polar surface area (TPSA) is 85.2 Å². The lowest BCUT2D eigenvalue weighted by Gasteiger charge is -2.21. The largest absolute Gasteiger partial charge is 0.491 e. The Morgan fingerprint density at radius 1 is 1.29 bits per heavy atom. The zero-order chi connectivity index (χ0) is 24.5. The summed E-state index contributed by atoms with van der Waals surface area (Å²) in [6, 6.07) is 7.07. The monoisotopic (exact) mass is 494 g/mol. The minimum Gasteiger partial charge on any atom is -0.491 e. The Labute approximate surface area is 208 Å². The van der Waals surface area contributed by atoms with Crippen molar-refractivity contribution in [3.05, 3.63) is 41.4 Å². The van der Waals surface area contributed by atoms with E-state index in [9.17, 15) is 15.0 Å². The number of unbranched alkanes of at least 4 members (excludes halogenated alkanes) is 1. The number of carbonyl (C=O) groups is 1. The molecule has 0 radical (unpaired) electrons. The molecular weight excluding hydrogens is 456 g/mol. The van der Waals surface area contributed by atoms with Gasteiger partial charge in [-0.25, -0.2) is 0 Å². The number of hydrogen-bond acceptors (Lipinski definition) is 6. The molecule has 3 rings (SSSR count). The summed E-state index contributed by atoms with van der Waals surface area (Å²) >= 11 is 5.96. The molecule has 0 aromatic heterocycles. The summed E-state index contributed by atoms with van der Waals surface area (Å²) in [6.45, 7) is 4.56. The van der Waals surface area contributed by atoms with Crippen LogP contribution in [0.25, 0.3) is 0 Å². The molecule has 7 heteroatoms. The highest BCUT2D eigenvalue weighted by atomic mass is 35.5. The third-order valence-electron chi connectivity index (χ3n) is 6.73. The summed E-state index contributed by atoms with van der Waals surface area (Å²) in [4.78, 5) is 11.7. The van der Waals surface area contributed by atoms with E-state index in [1.54, 1.807) is 30.3 Å². The lowest BCUT2D eigenvalue weighted by molar-refractivity contribution is -0.147. The average molecular weight is 495 g/mol. The molecule has 34 heavy (non-hydrogen) atoms. The van der Waals surface area contributed by atoms with Crippen molar-refractivity contribution in [1.82, 2.24) is 0 Å². The molecule has 1 aliphatic carbocycles. The molecule has 1 saturated carbocycles. The molecule has 0 spiro atoms. The summed E-state index contributed by atoms with van der Waals surface area (Å²) in [5, 5.41) is 21.5. The van der Waals surface area contributed by atoms with E-state index >= 15 is 0 Å². The van der Waals surface area contributed by atoms with Crippen LogP contribution in [0.3, 0.4) is 0 Å². The molecule has 6 atom stereocenters. The molecule has 1 aromatic rings. The van der Waals surface area contributed by atoms with Crippen molar-refractivity contribution < 1.29 is 29.2 Å². The van der Waals surface area contributed by atoms with Crippen molar-refractivity contribution >= 4 is 17.6 Å². The first-order valence-corrected chi connectivity index (χ1v) is 12.9. The number of carbonyl (C=O) groups excluding carboxylic acids is 1. The summed E-state index contributed by atoms with van der Waals surface area (Å²) in [5.41, 5.74) is 0. The normalized spacial score (nSPS) is 28.0.